The first kappa shape index (κ1) is 18.2. The summed E-state index contributed by atoms with van der Waals surface area (Å²) < 4.78 is 0. The molecule has 2 aromatic carbocycles. The molecule has 0 fully saturated rings. The van der Waals surface area contributed by atoms with Crippen molar-refractivity contribution in [2.24, 2.45) is 0 Å². The molecule has 0 radical (unpaired) electrons. The van der Waals surface area contributed by atoms with Gasteiger partial charge in [-0.1, -0.05) is 11.6 Å². The van der Waals surface area contributed by atoms with Crippen molar-refractivity contribution >= 4 is 34.5 Å². The van der Waals surface area contributed by atoms with Crippen molar-refractivity contribution in [2.45, 2.75) is 12.8 Å². The Labute approximate surface area is 146 Å². The van der Waals surface area contributed by atoms with Gasteiger partial charge in [0.05, 0.1) is 9.85 Å². The Hall–Kier alpha value is -3.13. The van der Waals surface area contributed by atoms with E-state index in [0.29, 0.717) is 0 Å². The highest BCUT2D eigenvalue weighted by Gasteiger charge is 2.17. The normalized spacial score (nSPS) is 10.3. The highest BCUT2D eigenvalue weighted by atomic mass is 35.5. The number of nitro benzene ring substituents is 2. The Morgan fingerprint density at radius 1 is 0.840 bits per heavy atom. The van der Waals surface area contributed by atoms with Crippen molar-refractivity contribution < 1.29 is 19.4 Å². The quantitative estimate of drug-likeness (QED) is 0.417. The molecule has 0 aliphatic heterocycles. The predicted molar refractivity (Wildman–Crippen MR) is 89.1 cm³/mol. The molecule has 0 atom stereocenters. The second kappa shape index (κ2) is 7.63. The summed E-state index contributed by atoms with van der Waals surface area (Å²) in [5, 5.41) is 21.3. The molecule has 0 bridgehead atoms. The van der Waals surface area contributed by atoms with Crippen LogP contribution < -0.4 is 0 Å². The van der Waals surface area contributed by atoms with Gasteiger partial charge >= 0.3 is 0 Å². The van der Waals surface area contributed by atoms with Crippen molar-refractivity contribution in [1.29, 1.82) is 0 Å². The summed E-state index contributed by atoms with van der Waals surface area (Å²) in [6.07, 6.45) is -0.262. The number of non-ortho nitro benzene ring substituents is 1. The monoisotopic (exact) mass is 362 g/mol. The lowest BCUT2D eigenvalue weighted by Crippen LogP contribution is -2.06. The molecule has 0 amide bonds. The Kier molecular flexibility index (Phi) is 5.56. The third-order valence-electron chi connectivity index (χ3n) is 3.44. The predicted octanol–water partition coefficient (Wildman–Crippen LogP) is 4.00. The molecule has 2 rings (SSSR count). The smallest absolute Gasteiger partial charge is 0.288 e. The van der Waals surface area contributed by atoms with Crippen LogP contribution in [0.15, 0.2) is 42.5 Å². The van der Waals surface area contributed by atoms with Crippen LogP contribution in [0.25, 0.3) is 0 Å². The maximum Gasteiger partial charge on any atom is 0.288 e. The van der Waals surface area contributed by atoms with Crippen LogP contribution in [0.3, 0.4) is 0 Å². The molecule has 0 N–H and O–H groups in total. The van der Waals surface area contributed by atoms with Crippen LogP contribution >= 0.6 is 11.6 Å². The lowest BCUT2D eigenvalue weighted by atomic mass is 10.0. The Balaban J connectivity index is 2.04. The number of carbonyl (C=O) groups is 2. The number of Topliss-reactive ketones (excluding diaryl/α,β-unsaturated/α-hetero) is 2. The number of hydrogen-bond acceptors (Lipinski definition) is 6. The Morgan fingerprint density at radius 3 is 1.88 bits per heavy atom. The molecule has 128 valence electrons. The number of benzene rings is 2. The molecule has 0 saturated carbocycles. The maximum atomic E-state index is 12.1. The average molecular weight is 363 g/mol. The Morgan fingerprint density at radius 2 is 1.36 bits per heavy atom. The number of nitro groups is 2. The van der Waals surface area contributed by atoms with Crippen LogP contribution in [0.5, 0.6) is 0 Å². The summed E-state index contributed by atoms with van der Waals surface area (Å²) in [5.74, 6) is -0.790. The first-order valence-corrected chi connectivity index (χ1v) is 7.42. The summed E-state index contributed by atoms with van der Waals surface area (Å²) in [5.41, 5.74) is -0.177. The van der Waals surface area contributed by atoms with E-state index in [-0.39, 0.29) is 46.1 Å². The zero-order chi connectivity index (χ0) is 18.6. The molecule has 9 heteroatoms. The fourth-order valence-electron chi connectivity index (χ4n) is 2.11. The van der Waals surface area contributed by atoms with Gasteiger partial charge in [-0.25, -0.2) is 0 Å². The van der Waals surface area contributed by atoms with E-state index in [2.05, 4.69) is 0 Å². The molecule has 2 aromatic rings. The van der Waals surface area contributed by atoms with Gasteiger partial charge in [0.15, 0.2) is 11.6 Å². The molecular weight excluding hydrogens is 352 g/mol. The van der Waals surface area contributed by atoms with Crippen molar-refractivity contribution in [2.75, 3.05) is 0 Å². The SMILES string of the molecule is O=C(CCC(=O)c1ccc(Cl)c([N+](=O)[O-])c1)c1ccc([N+](=O)[O-])cc1. The minimum atomic E-state index is -0.693. The molecule has 0 saturated heterocycles. The van der Waals surface area contributed by atoms with Gasteiger partial charge in [-0.15, -0.1) is 0 Å². The van der Waals surface area contributed by atoms with Gasteiger partial charge in [0.2, 0.25) is 0 Å². The van der Waals surface area contributed by atoms with E-state index < -0.39 is 15.6 Å². The molecule has 0 heterocycles. The van der Waals surface area contributed by atoms with Crippen molar-refractivity contribution in [3.63, 3.8) is 0 Å². The molecule has 0 unspecified atom stereocenters. The third kappa shape index (κ3) is 4.45. The van der Waals surface area contributed by atoms with Crippen LogP contribution in [0.1, 0.15) is 33.6 Å². The molecule has 0 aromatic heterocycles. The number of ketones is 2. The fraction of sp³-hybridized carbons (Fsp3) is 0.125. The summed E-state index contributed by atoms with van der Waals surface area (Å²) in [6, 6.07) is 8.73. The molecule has 0 aliphatic rings. The van der Waals surface area contributed by atoms with E-state index in [4.69, 9.17) is 11.6 Å². The minimum Gasteiger partial charge on any atom is -0.294 e. The number of rotatable bonds is 7. The standard InChI is InChI=1S/C16H11ClN2O6/c17-13-6-3-11(9-14(13)19(24)25)16(21)8-7-15(20)10-1-4-12(5-2-10)18(22)23/h1-6,9H,7-8H2. The van der Waals surface area contributed by atoms with Crippen LogP contribution in [-0.4, -0.2) is 21.4 Å². The lowest BCUT2D eigenvalue weighted by Gasteiger charge is -2.03. The van der Waals surface area contributed by atoms with Crippen LogP contribution in [0, 0.1) is 20.2 Å². The number of halogens is 1. The molecule has 25 heavy (non-hydrogen) atoms. The van der Waals surface area contributed by atoms with Gasteiger partial charge in [-0.2, -0.15) is 0 Å². The van der Waals surface area contributed by atoms with Gasteiger partial charge < -0.3 is 0 Å². The lowest BCUT2D eigenvalue weighted by molar-refractivity contribution is -0.385. The second-order valence-corrected chi connectivity index (χ2v) is 5.48. The van der Waals surface area contributed by atoms with E-state index in [9.17, 15) is 29.8 Å². The number of carbonyl (C=O) groups excluding carboxylic acids is 2. The van der Waals surface area contributed by atoms with E-state index in [0.717, 1.165) is 6.07 Å². The second-order valence-electron chi connectivity index (χ2n) is 5.07. The minimum absolute atomic E-state index is 0.0801. The topological polar surface area (TPSA) is 120 Å². The fourth-order valence-corrected chi connectivity index (χ4v) is 2.30. The van der Waals surface area contributed by atoms with Gasteiger partial charge in [-0.3, -0.25) is 29.8 Å². The largest absolute Gasteiger partial charge is 0.294 e. The highest BCUT2D eigenvalue weighted by Crippen LogP contribution is 2.26. The molecular formula is C16H11ClN2O6. The van der Waals surface area contributed by atoms with Crippen molar-refractivity contribution in [1.82, 2.24) is 0 Å². The van der Waals surface area contributed by atoms with Gasteiger partial charge in [0.1, 0.15) is 5.02 Å². The maximum absolute atomic E-state index is 12.1. The average Bonchev–Trinajstić information content (AvgIpc) is 2.59. The van der Waals surface area contributed by atoms with E-state index >= 15 is 0 Å². The summed E-state index contributed by atoms with van der Waals surface area (Å²) in [7, 11) is 0. The van der Waals surface area contributed by atoms with E-state index in [1.807, 2.05) is 0 Å². The summed E-state index contributed by atoms with van der Waals surface area (Å²) in [4.78, 5) is 44.3. The van der Waals surface area contributed by atoms with Gasteiger partial charge in [0, 0.05) is 42.2 Å². The zero-order valence-electron chi connectivity index (χ0n) is 12.7. The van der Waals surface area contributed by atoms with Gasteiger partial charge in [0.25, 0.3) is 11.4 Å². The summed E-state index contributed by atoms with van der Waals surface area (Å²) >= 11 is 5.68. The number of nitrogens with zero attached hydrogens (tertiary/aromatic N) is 2. The van der Waals surface area contributed by atoms with Crippen LogP contribution in [0.2, 0.25) is 5.02 Å². The molecule has 8 nitrogen and oxygen atoms in total. The van der Waals surface area contributed by atoms with Crippen molar-refractivity contribution in [3.8, 4) is 0 Å². The van der Waals surface area contributed by atoms with Gasteiger partial charge in [-0.05, 0) is 24.3 Å². The van der Waals surface area contributed by atoms with E-state index in [1.165, 1.54) is 36.4 Å². The van der Waals surface area contributed by atoms with Crippen molar-refractivity contribution in [3.05, 3.63) is 78.8 Å². The number of hydrogen-bond donors (Lipinski definition) is 0. The first-order valence-electron chi connectivity index (χ1n) is 7.04. The summed E-state index contributed by atoms with van der Waals surface area (Å²) in [6.45, 7) is 0. The van der Waals surface area contributed by atoms with Crippen LogP contribution in [-0.2, 0) is 0 Å². The zero-order valence-corrected chi connectivity index (χ0v) is 13.4. The van der Waals surface area contributed by atoms with Crippen LogP contribution in [0.4, 0.5) is 11.4 Å². The molecule has 0 spiro atoms. The van der Waals surface area contributed by atoms with E-state index in [1.54, 1.807) is 0 Å². The Bertz CT molecular complexity index is 863. The highest BCUT2D eigenvalue weighted by molar-refractivity contribution is 6.32. The first-order chi connectivity index (χ1) is 11.8. The molecule has 0 aliphatic carbocycles. The third-order valence-corrected chi connectivity index (χ3v) is 3.76.